The molecule has 0 saturated carbocycles. The summed E-state index contributed by atoms with van der Waals surface area (Å²) >= 11 is 0. The number of rotatable bonds is 4. The number of hydrogen-bond acceptors (Lipinski definition) is 2. The van der Waals surface area contributed by atoms with Gasteiger partial charge in [-0.25, -0.2) is 0 Å². The van der Waals surface area contributed by atoms with Gasteiger partial charge in [-0.05, 0) is 33.3 Å². The highest BCUT2D eigenvalue weighted by atomic mass is 15.3. The Morgan fingerprint density at radius 2 is 2.07 bits per heavy atom. The zero-order valence-corrected chi connectivity index (χ0v) is 9.62. The highest BCUT2D eigenvalue weighted by Crippen LogP contribution is 2.17. The van der Waals surface area contributed by atoms with Crippen molar-refractivity contribution in [1.29, 1.82) is 0 Å². The second-order valence-electron chi connectivity index (χ2n) is 4.14. The second-order valence-corrected chi connectivity index (χ2v) is 4.14. The normalized spacial score (nSPS) is 13.6. The van der Waals surface area contributed by atoms with E-state index in [4.69, 9.17) is 5.73 Å². The van der Waals surface area contributed by atoms with Crippen molar-refractivity contribution in [2.75, 3.05) is 0 Å². The van der Waals surface area contributed by atoms with E-state index >= 15 is 0 Å². The van der Waals surface area contributed by atoms with Gasteiger partial charge in [0.05, 0.1) is 11.4 Å². The molecule has 0 bridgehead atoms. The molecular formula is C11H21N3. The average Bonchev–Trinajstić information content (AvgIpc) is 2.49. The molecule has 0 aliphatic heterocycles. The van der Waals surface area contributed by atoms with E-state index in [1.165, 1.54) is 0 Å². The van der Waals surface area contributed by atoms with E-state index in [1.807, 2.05) is 11.6 Å². The van der Waals surface area contributed by atoms with Gasteiger partial charge < -0.3 is 5.73 Å². The summed E-state index contributed by atoms with van der Waals surface area (Å²) < 4.78 is 2.04. The molecule has 0 spiro atoms. The van der Waals surface area contributed by atoms with E-state index in [0.717, 1.165) is 24.2 Å². The third kappa shape index (κ3) is 2.35. The summed E-state index contributed by atoms with van der Waals surface area (Å²) in [6.07, 6.45) is 2.17. The van der Waals surface area contributed by atoms with Crippen LogP contribution in [0.2, 0.25) is 0 Å². The molecule has 14 heavy (non-hydrogen) atoms. The molecule has 0 aliphatic carbocycles. The molecule has 3 heteroatoms. The van der Waals surface area contributed by atoms with Crippen LogP contribution in [0.1, 0.15) is 57.6 Å². The minimum Gasteiger partial charge on any atom is -0.323 e. The molecule has 0 amide bonds. The SMILES string of the molecule is CCCc1cc([C@H](C)N)n(C(C)C)n1. The summed E-state index contributed by atoms with van der Waals surface area (Å²) in [7, 11) is 0. The lowest BCUT2D eigenvalue weighted by atomic mass is 10.2. The quantitative estimate of drug-likeness (QED) is 0.802. The predicted octanol–water partition coefficient (Wildman–Crippen LogP) is 2.44. The molecule has 0 unspecified atom stereocenters. The van der Waals surface area contributed by atoms with Crippen molar-refractivity contribution >= 4 is 0 Å². The Balaban J connectivity index is 3.00. The van der Waals surface area contributed by atoms with Crippen LogP contribution in [-0.4, -0.2) is 9.78 Å². The molecule has 0 radical (unpaired) electrons. The van der Waals surface area contributed by atoms with Gasteiger partial charge in [0.25, 0.3) is 0 Å². The van der Waals surface area contributed by atoms with E-state index in [0.29, 0.717) is 6.04 Å². The molecule has 2 N–H and O–H groups in total. The Bertz CT molecular complexity index is 261. The number of hydrogen-bond donors (Lipinski definition) is 1. The van der Waals surface area contributed by atoms with Gasteiger partial charge in [-0.2, -0.15) is 5.10 Å². The third-order valence-corrected chi connectivity index (χ3v) is 2.28. The highest BCUT2D eigenvalue weighted by Gasteiger charge is 2.12. The van der Waals surface area contributed by atoms with Gasteiger partial charge in [0.15, 0.2) is 0 Å². The molecular weight excluding hydrogens is 174 g/mol. The number of nitrogens with zero attached hydrogens (tertiary/aromatic N) is 2. The lowest BCUT2D eigenvalue weighted by molar-refractivity contribution is 0.490. The number of aromatic nitrogens is 2. The Kier molecular flexibility index (Phi) is 3.69. The van der Waals surface area contributed by atoms with E-state index < -0.39 is 0 Å². The average molecular weight is 195 g/mol. The molecule has 1 aromatic rings. The zero-order valence-electron chi connectivity index (χ0n) is 9.62. The van der Waals surface area contributed by atoms with Crippen LogP contribution in [0.5, 0.6) is 0 Å². The summed E-state index contributed by atoms with van der Waals surface area (Å²) in [5.74, 6) is 0. The van der Waals surface area contributed by atoms with Gasteiger partial charge in [-0.1, -0.05) is 13.3 Å². The van der Waals surface area contributed by atoms with Crippen molar-refractivity contribution in [2.24, 2.45) is 5.73 Å². The minimum absolute atomic E-state index is 0.0653. The lowest BCUT2D eigenvalue weighted by Crippen LogP contribution is -2.14. The molecule has 80 valence electrons. The van der Waals surface area contributed by atoms with E-state index in [2.05, 4.69) is 31.9 Å². The fourth-order valence-electron chi connectivity index (χ4n) is 1.59. The lowest BCUT2D eigenvalue weighted by Gasteiger charge is -2.12. The van der Waals surface area contributed by atoms with Crippen molar-refractivity contribution in [3.63, 3.8) is 0 Å². The molecule has 0 aromatic carbocycles. The van der Waals surface area contributed by atoms with Gasteiger partial charge in [-0.15, -0.1) is 0 Å². The van der Waals surface area contributed by atoms with Crippen LogP contribution in [0, 0.1) is 0 Å². The summed E-state index contributed by atoms with van der Waals surface area (Å²) in [6, 6.07) is 2.59. The van der Waals surface area contributed by atoms with Crippen molar-refractivity contribution in [2.45, 2.75) is 52.6 Å². The van der Waals surface area contributed by atoms with Crippen LogP contribution >= 0.6 is 0 Å². The molecule has 0 aliphatic rings. The monoisotopic (exact) mass is 195 g/mol. The highest BCUT2D eigenvalue weighted by molar-refractivity contribution is 5.14. The van der Waals surface area contributed by atoms with Crippen LogP contribution in [0.15, 0.2) is 6.07 Å². The van der Waals surface area contributed by atoms with Crippen molar-refractivity contribution in [3.8, 4) is 0 Å². The fourth-order valence-corrected chi connectivity index (χ4v) is 1.59. The maximum atomic E-state index is 5.90. The van der Waals surface area contributed by atoms with E-state index in [-0.39, 0.29) is 6.04 Å². The Morgan fingerprint density at radius 1 is 1.43 bits per heavy atom. The molecule has 3 nitrogen and oxygen atoms in total. The molecule has 1 atom stereocenters. The van der Waals surface area contributed by atoms with Crippen molar-refractivity contribution < 1.29 is 0 Å². The first-order valence-corrected chi connectivity index (χ1v) is 5.40. The van der Waals surface area contributed by atoms with Crippen LogP contribution in [0.25, 0.3) is 0 Å². The maximum Gasteiger partial charge on any atom is 0.0628 e. The van der Waals surface area contributed by atoms with Gasteiger partial charge in [0.2, 0.25) is 0 Å². The Hall–Kier alpha value is -0.830. The first-order chi connectivity index (χ1) is 6.56. The topological polar surface area (TPSA) is 43.8 Å². The first-order valence-electron chi connectivity index (χ1n) is 5.40. The molecule has 1 rings (SSSR count). The largest absolute Gasteiger partial charge is 0.323 e. The van der Waals surface area contributed by atoms with E-state index in [1.54, 1.807) is 0 Å². The van der Waals surface area contributed by atoms with Gasteiger partial charge in [-0.3, -0.25) is 4.68 Å². The zero-order chi connectivity index (χ0) is 10.7. The van der Waals surface area contributed by atoms with Gasteiger partial charge in [0, 0.05) is 12.1 Å². The maximum absolute atomic E-state index is 5.90. The summed E-state index contributed by atoms with van der Waals surface area (Å²) in [5, 5.41) is 4.56. The predicted molar refractivity (Wildman–Crippen MR) is 59.2 cm³/mol. The summed E-state index contributed by atoms with van der Waals surface area (Å²) in [4.78, 5) is 0. The third-order valence-electron chi connectivity index (χ3n) is 2.28. The first kappa shape index (κ1) is 11.2. The Morgan fingerprint density at radius 3 is 2.43 bits per heavy atom. The van der Waals surface area contributed by atoms with Gasteiger partial charge in [0.1, 0.15) is 0 Å². The molecule has 1 heterocycles. The van der Waals surface area contributed by atoms with Crippen LogP contribution in [0.3, 0.4) is 0 Å². The number of aryl methyl sites for hydroxylation is 1. The van der Waals surface area contributed by atoms with Crippen molar-refractivity contribution in [1.82, 2.24) is 9.78 Å². The van der Waals surface area contributed by atoms with Crippen LogP contribution in [-0.2, 0) is 6.42 Å². The smallest absolute Gasteiger partial charge is 0.0628 e. The Labute approximate surface area is 86.3 Å². The van der Waals surface area contributed by atoms with Crippen LogP contribution in [0.4, 0.5) is 0 Å². The minimum atomic E-state index is 0.0653. The van der Waals surface area contributed by atoms with Crippen LogP contribution < -0.4 is 5.73 Å². The molecule has 0 saturated heterocycles. The number of nitrogens with two attached hydrogens (primary N) is 1. The van der Waals surface area contributed by atoms with Crippen molar-refractivity contribution in [3.05, 3.63) is 17.5 Å². The second kappa shape index (κ2) is 4.60. The fraction of sp³-hybridized carbons (Fsp3) is 0.727. The summed E-state index contributed by atoms with van der Waals surface area (Å²) in [5.41, 5.74) is 8.20. The van der Waals surface area contributed by atoms with E-state index in [9.17, 15) is 0 Å². The molecule has 1 aromatic heterocycles. The standard InChI is InChI=1S/C11H21N3/c1-5-6-10-7-11(9(4)12)14(13-10)8(2)3/h7-9H,5-6,12H2,1-4H3/t9-/m0/s1. The molecule has 0 fully saturated rings. The van der Waals surface area contributed by atoms with Gasteiger partial charge >= 0.3 is 0 Å². The summed E-state index contributed by atoms with van der Waals surface area (Å²) in [6.45, 7) is 8.44.